The summed E-state index contributed by atoms with van der Waals surface area (Å²) in [6.07, 6.45) is 1.75. The normalized spacial score (nSPS) is 10.2. The summed E-state index contributed by atoms with van der Waals surface area (Å²) in [7, 11) is 0. The number of ether oxygens (including phenoxy) is 1. The molecule has 2 nitrogen and oxygen atoms in total. The fourth-order valence-corrected chi connectivity index (χ4v) is 2.03. The second-order valence-corrected chi connectivity index (χ2v) is 4.79. The van der Waals surface area contributed by atoms with Crippen molar-refractivity contribution in [3.8, 4) is 0 Å². The molecular formula is C16H16O2S. The standard InChI is InChI=1S/C16H16O2S/c17-16(14-9-4-10-15(19)12-14)18-11-5-8-13-6-2-1-3-7-13/h1-4,6-7,9-10,12,19H,5,8,11H2. The van der Waals surface area contributed by atoms with Crippen molar-refractivity contribution in [2.24, 2.45) is 0 Å². The molecule has 0 amide bonds. The minimum atomic E-state index is -0.288. The van der Waals surface area contributed by atoms with E-state index in [1.807, 2.05) is 24.3 Å². The molecule has 0 atom stereocenters. The maximum atomic E-state index is 11.8. The molecule has 0 N–H and O–H groups in total. The summed E-state index contributed by atoms with van der Waals surface area (Å²) in [5, 5.41) is 0. The fraction of sp³-hybridized carbons (Fsp3) is 0.188. The first kappa shape index (κ1) is 13.7. The number of hydrogen-bond donors (Lipinski definition) is 1. The molecule has 0 saturated heterocycles. The Morgan fingerprint density at radius 1 is 1.05 bits per heavy atom. The van der Waals surface area contributed by atoms with Gasteiger partial charge in [-0.2, -0.15) is 0 Å². The molecule has 0 spiro atoms. The highest BCUT2D eigenvalue weighted by molar-refractivity contribution is 7.80. The van der Waals surface area contributed by atoms with E-state index in [-0.39, 0.29) is 5.97 Å². The van der Waals surface area contributed by atoms with Gasteiger partial charge in [-0.3, -0.25) is 0 Å². The average molecular weight is 272 g/mol. The SMILES string of the molecule is O=C(OCCCc1ccccc1)c1cccc(S)c1. The van der Waals surface area contributed by atoms with Gasteiger partial charge in [0.25, 0.3) is 0 Å². The van der Waals surface area contributed by atoms with Crippen molar-refractivity contribution >= 4 is 18.6 Å². The van der Waals surface area contributed by atoms with Crippen molar-refractivity contribution < 1.29 is 9.53 Å². The Kier molecular flexibility index (Phi) is 5.04. The van der Waals surface area contributed by atoms with Gasteiger partial charge < -0.3 is 4.74 Å². The third kappa shape index (κ3) is 4.45. The molecule has 0 fully saturated rings. The second-order valence-electron chi connectivity index (χ2n) is 4.28. The third-order valence-corrected chi connectivity index (χ3v) is 3.05. The Morgan fingerprint density at radius 2 is 1.84 bits per heavy atom. The highest BCUT2D eigenvalue weighted by atomic mass is 32.1. The zero-order valence-corrected chi connectivity index (χ0v) is 11.5. The van der Waals surface area contributed by atoms with Crippen LogP contribution in [0.1, 0.15) is 22.3 Å². The van der Waals surface area contributed by atoms with Crippen LogP contribution in [-0.2, 0) is 11.2 Å². The van der Waals surface area contributed by atoms with E-state index in [1.165, 1.54) is 5.56 Å². The van der Waals surface area contributed by atoms with Gasteiger partial charge in [-0.25, -0.2) is 4.79 Å². The molecule has 0 aliphatic rings. The number of esters is 1. The largest absolute Gasteiger partial charge is 0.462 e. The Bertz CT molecular complexity index is 537. The lowest BCUT2D eigenvalue weighted by Gasteiger charge is -2.05. The van der Waals surface area contributed by atoms with Crippen molar-refractivity contribution in [3.05, 3.63) is 65.7 Å². The van der Waals surface area contributed by atoms with Crippen molar-refractivity contribution in [2.45, 2.75) is 17.7 Å². The summed E-state index contributed by atoms with van der Waals surface area (Å²) in [5.74, 6) is -0.288. The van der Waals surface area contributed by atoms with Crippen LogP contribution in [0.25, 0.3) is 0 Å². The topological polar surface area (TPSA) is 26.3 Å². The average Bonchev–Trinajstić information content (AvgIpc) is 2.44. The predicted octanol–water partition coefficient (Wildman–Crippen LogP) is 3.76. The molecule has 0 aromatic heterocycles. The van der Waals surface area contributed by atoms with Crippen LogP contribution in [0.5, 0.6) is 0 Å². The Labute approximate surface area is 118 Å². The smallest absolute Gasteiger partial charge is 0.338 e. The number of aryl methyl sites for hydroxylation is 1. The summed E-state index contributed by atoms with van der Waals surface area (Å²) in [5.41, 5.74) is 1.81. The predicted molar refractivity (Wildman–Crippen MR) is 78.7 cm³/mol. The van der Waals surface area contributed by atoms with Gasteiger partial charge in [0.2, 0.25) is 0 Å². The number of carbonyl (C=O) groups is 1. The van der Waals surface area contributed by atoms with E-state index in [0.717, 1.165) is 17.7 Å². The first-order chi connectivity index (χ1) is 9.25. The number of rotatable bonds is 5. The van der Waals surface area contributed by atoms with E-state index in [4.69, 9.17) is 4.74 Å². The molecule has 0 aliphatic heterocycles. The van der Waals surface area contributed by atoms with E-state index in [2.05, 4.69) is 24.8 Å². The second kappa shape index (κ2) is 7.00. The lowest BCUT2D eigenvalue weighted by Crippen LogP contribution is -2.07. The van der Waals surface area contributed by atoms with Gasteiger partial charge in [0.15, 0.2) is 0 Å². The monoisotopic (exact) mass is 272 g/mol. The van der Waals surface area contributed by atoms with Crippen LogP contribution in [0, 0.1) is 0 Å². The van der Waals surface area contributed by atoms with E-state index >= 15 is 0 Å². The first-order valence-electron chi connectivity index (χ1n) is 6.26. The molecule has 0 unspecified atom stereocenters. The van der Waals surface area contributed by atoms with Crippen molar-refractivity contribution in [1.29, 1.82) is 0 Å². The lowest BCUT2D eigenvalue weighted by atomic mass is 10.1. The first-order valence-corrected chi connectivity index (χ1v) is 6.70. The van der Waals surface area contributed by atoms with Crippen LogP contribution in [0.3, 0.4) is 0 Å². The molecule has 98 valence electrons. The molecule has 2 rings (SSSR count). The summed E-state index contributed by atoms with van der Waals surface area (Å²) in [4.78, 5) is 12.5. The van der Waals surface area contributed by atoms with Gasteiger partial charge >= 0.3 is 5.97 Å². The van der Waals surface area contributed by atoms with Crippen molar-refractivity contribution in [1.82, 2.24) is 0 Å². The van der Waals surface area contributed by atoms with Gasteiger partial charge in [0, 0.05) is 4.90 Å². The van der Waals surface area contributed by atoms with E-state index in [9.17, 15) is 4.79 Å². The Morgan fingerprint density at radius 3 is 2.58 bits per heavy atom. The van der Waals surface area contributed by atoms with Crippen LogP contribution in [-0.4, -0.2) is 12.6 Å². The van der Waals surface area contributed by atoms with E-state index in [0.29, 0.717) is 12.2 Å². The minimum absolute atomic E-state index is 0.288. The number of benzene rings is 2. The van der Waals surface area contributed by atoms with Crippen LogP contribution in [0.15, 0.2) is 59.5 Å². The molecule has 19 heavy (non-hydrogen) atoms. The third-order valence-electron chi connectivity index (χ3n) is 2.77. The zero-order chi connectivity index (χ0) is 13.5. The van der Waals surface area contributed by atoms with Crippen LogP contribution < -0.4 is 0 Å². The molecule has 0 saturated carbocycles. The van der Waals surface area contributed by atoms with Gasteiger partial charge in [0.05, 0.1) is 12.2 Å². The highest BCUT2D eigenvalue weighted by Gasteiger charge is 2.06. The molecule has 0 radical (unpaired) electrons. The quantitative estimate of drug-likeness (QED) is 0.509. The lowest BCUT2D eigenvalue weighted by molar-refractivity contribution is 0.0500. The van der Waals surface area contributed by atoms with E-state index < -0.39 is 0 Å². The molecule has 2 aromatic rings. The molecule has 3 heteroatoms. The molecule has 2 aromatic carbocycles. The summed E-state index contributed by atoms with van der Waals surface area (Å²) < 4.78 is 5.23. The molecule has 0 bridgehead atoms. The molecular weight excluding hydrogens is 256 g/mol. The Hall–Kier alpha value is -1.74. The minimum Gasteiger partial charge on any atom is -0.462 e. The van der Waals surface area contributed by atoms with Gasteiger partial charge in [-0.15, -0.1) is 12.6 Å². The summed E-state index contributed by atoms with van der Waals surface area (Å²) in [6.45, 7) is 0.435. The Balaban J connectivity index is 1.75. The number of hydrogen-bond acceptors (Lipinski definition) is 3. The zero-order valence-electron chi connectivity index (χ0n) is 10.6. The van der Waals surface area contributed by atoms with Crippen LogP contribution >= 0.6 is 12.6 Å². The van der Waals surface area contributed by atoms with Gasteiger partial charge in [-0.1, -0.05) is 36.4 Å². The maximum absolute atomic E-state index is 11.8. The highest BCUT2D eigenvalue weighted by Crippen LogP contribution is 2.10. The number of thiol groups is 1. The van der Waals surface area contributed by atoms with Crippen molar-refractivity contribution in [2.75, 3.05) is 6.61 Å². The van der Waals surface area contributed by atoms with Crippen LogP contribution in [0.4, 0.5) is 0 Å². The maximum Gasteiger partial charge on any atom is 0.338 e. The summed E-state index contributed by atoms with van der Waals surface area (Å²) in [6, 6.07) is 17.2. The van der Waals surface area contributed by atoms with E-state index in [1.54, 1.807) is 18.2 Å². The molecule has 0 aliphatic carbocycles. The summed E-state index contributed by atoms with van der Waals surface area (Å²) >= 11 is 4.20. The van der Waals surface area contributed by atoms with Gasteiger partial charge in [0.1, 0.15) is 0 Å². The fourth-order valence-electron chi connectivity index (χ4n) is 1.80. The van der Waals surface area contributed by atoms with Crippen molar-refractivity contribution in [3.63, 3.8) is 0 Å². The van der Waals surface area contributed by atoms with Gasteiger partial charge in [-0.05, 0) is 36.6 Å². The molecule has 0 heterocycles. The number of carbonyl (C=O) groups excluding carboxylic acids is 1. The van der Waals surface area contributed by atoms with Crippen LogP contribution in [0.2, 0.25) is 0 Å².